The third-order valence-electron chi connectivity index (χ3n) is 5.73. The molecule has 0 saturated heterocycles. The quantitative estimate of drug-likeness (QED) is 0.322. The lowest BCUT2D eigenvalue weighted by Gasteiger charge is -2.33. The summed E-state index contributed by atoms with van der Waals surface area (Å²) < 4.78 is 47.4. The Morgan fingerprint density at radius 2 is 1.88 bits per heavy atom. The Kier molecular flexibility index (Phi) is 6.43. The first-order valence-corrected chi connectivity index (χ1v) is 12.7. The van der Waals surface area contributed by atoms with Gasteiger partial charge in [0, 0.05) is 16.3 Å². The molecule has 0 saturated carbocycles. The van der Waals surface area contributed by atoms with Gasteiger partial charge in [-0.15, -0.1) is 4.91 Å². The Hall–Kier alpha value is -2.42. The van der Waals surface area contributed by atoms with Gasteiger partial charge in [0.2, 0.25) is 20.0 Å². The van der Waals surface area contributed by atoms with Crippen LogP contribution < -0.4 is 15.8 Å². The number of anilines is 1. The predicted molar refractivity (Wildman–Crippen MR) is 123 cm³/mol. The number of nitrogens with two attached hydrogens (primary N) is 2. The van der Waals surface area contributed by atoms with E-state index in [4.69, 9.17) is 10.3 Å². The first-order valence-electron chi connectivity index (χ1n) is 9.60. The minimum atomic E-state index is -4.11. The molecule has 1 aliphatic carbocycles. The standard InChI is InChI=1S/C19H25N5O6S2/c1-24(2)9-3-7-19(32(21,29)30)8-6-14-16(11-19)18(23-26)15-10-12(31(20,27)28)4-5-13(15)17(14)22-25/h4-6,8,10,22,25H,3,7,9,11H2,1-2H3,(H2,20,27,28)(H2,21,29,30). The highest BCUT2D eigenvalue weighted by Crippen LogP contribution is 2.46. The maximum absolute atomic E-state index is 12.6. The molecule has 0 aliphatic heterocycles. The summed E-state index contributed by atoms with van der Waals surface area (Å²) in [5.74, 6) is 0. The molecule has 0 radical (unpaired) electrons. The third kappa shape index (κ3) is 4.27. The molecule has 6 N–H and O–H groups in total. The monoisotopic (exact) mass is 483 g/mol. The zero-order valence-electron chi connectivity index (χ0n) is 17.6. The van der Waals surface area contributed by atoms with Crippen LogP contribution in [-0.4, -0.2) is 52.3 Å². The van der Waals surface area contributed by atoms with Gasteiger partial charge in [-0.3, -0.25) is 10.7 Å². The van der Waals surface area contributed by atoms with Crippen LogP contribution >= 0.6 is 0 Å². The van der Waals surface area contributed by atoms with Crippen LogP contribution in [0, 0.1) is 4.91 Å². The van der Waals surface area contributed by atoms with Crippen molar-refractivity contribution in [1.82, 2.24) is 4.90 Å². The number of fused-ring (bicyclic) bond motifs is 2. The van der Waals surface area contributed by atoms with Crippen molar-refractivity contribution in [2.24, 2.45) is 15.5 Å². The van der Waals surface area contributed by atoms with Crippen LogP contribution in [0.15, 0.2) is 34.3 Å². The van der Waals surface area contributed by atoms with Crippen LogP contribution in [0.1, 0.15) is 24.0 Å². The molecule has 0 bridgehead atoms. The van der Waals surface area contributed by atoms with Crippen molar-refractivity contribution in [3.8, 4) is 0 Å². The molecule has 2 aromatic carbocycles. The number of sulfonamides is 2. The Bertz CT molecular complexity index is 1320. The van der Waals surface area contributed by atoms with Crippen LogP contribution in [0.5, 0.6) is 0 Å². The van der Waals surface area contributed by atoms with Crippen LogP contribution in [0.3, 0.4) is 0 Å². The molecule has 0 heterocycles. The van der Waals surface area contributed by atoms with Crippen LogP contribution in [0.25, 0.3) is 16.8 Å². The van der Waals surface area contributed by atoms with Crippen molar-refractivity contribution >= 4 is 48.3 Å². The average Bonchev–Trinajstić information content (AvgIpc) is 2.69. The van der Waals surface area contributed by atoms with Gasteiger partial charge in [-0.25, -0.2) is 27.1 Å². The van der Waals surface area contributed by atoms with E-state index >= 15 is 0 Å². The molecule has 0 amide bonds. The maximum Gasteiger partial charge on any atom is 0.238 e. The van der Waals surface area contributed by atoms with Crippen LogP contribution in [0.4, 0.5) is 11.4 Å². The summed E-state index contributed by atoms with van der Waals surface area (Å²) in [5, 5.41) is 24.1. The minimum absolute atomic E-state index is 0.105. The van der Waals surface area contributed by atoms with Gasteiger partial charge < -0.3 is 4.90 Å². The molecule has 11 nitrogen and oxygen atoms in total. The van der Waals surface area contributed by atoms with Gasteiger partial charge in [0.15, 0.2) is 0 Å². The summed E-state index contributed by atoms with van der Waals surface area (Å²) in [4.78, 5) is 13.5. The van der Waals surface area contributed by atoms with E-state index in [1.807, 2.05) is 19.0 Å². The summed E-state index contributed by atoms with van der Waals surface area (Å²) in [5.41, 5.74) is 2.71. The molecule has 0 fully saturated rings. The molecule has 0 spiro atoms. The second kappa shape index (κ2) is 8.50. The second-order valence-electron chi connectivity index (χ2n) is 8.10. The van der Waals surface area contributed by atoms with Crippen molar-refractivity contribution in [2.45, 2.75) is 28.9 Å². The molecule has 1 aliphatic rings. The van der Waals surface area contributed by atoms with E-state index in [0.29, 0.717) is 23.9 Å². The zero-order valence-corrected chi connectivity index (χ0v) is 19.2. The van der Waals surface area contributed by atoms with E-state index in [0.717, 1.165) is 0 Å². The van der Waals surface area contributed by atoms with Crippen LogP contribution in [0.2, 0.25) is 0 Å². The molecule has 13 heteroatoms. The van der Waals surface area contributed by atoms with E-state index in [2.05, 4.69) is 10.7 Å². The average molecular weight is 484 g/mol. The van der Waals surface area contributed by atoms with Crippen LogP contribution in [-0.2, 0) is 26.5 Å². The Labute approximate surface area is 186 Å². The first-order chi connectivity index (χ1) is 14.8. The highest BCUT2D eigenvalue weighted by Gasteiger charge is 2.43. The van der Waals surface area contributed by atoms with Crippen molar-refractivity contribution in [3.05, 3.63) is 40.3 Å². The molecular weight excluding hydrogens is 458 g/mol. The second-order valence-corrected chi connectivity index (χ2v) is 11.6. The van der Waals surface area contributed by atoms with E-state index in [-0.39, 0.29) is 40.1 Å². The molecule has 3 rings (SSSR count). The number of primary sulfonamides is 2. The number of rotatable bonds is 8. The Balaban J connectivity index is 2.30. The lowest BCUT2D eigenvalue weighted by Crippen LogP contribution is -2.45. The Morgan fingerprint density at radius 3 is 2.41 bits per heavy atom. The smallest absolute Gasteiger partial charge is 0.238 e. The van der Waals surface area contributed by atoms with Gasteiger partial charge in [0.25, 0.3) is 0 Å². The van der Waals surface area contributed by atoms with Crippen molar-refractivity contribution < 1.29 is 22.0 Å². The molecule has 1 unspecified atom stereocenters. The summed E-state index contributed by atoms with van der Waals surface area (Å²) in [7, 11) is -4.47. The molecule has 2 aromatic rings. The number of hydrogen-bond donors (Lipinski definition) is 4. The number of nitrogens with one attached hydrogen (secondary N) is 1. The topological polar surface area (TPSA) is 185 Å². The highest BCUT2D eigenvalue weighted by molar-refractivity contribution is 7.90. The normalized spacial score (nSPS) is 18.7. The van der Waals surface area contributed by atoms with Crippen molar-refractivity contribution in [3.63, 3.8) is 0 Å². The number of nitroso groups, excluding NO2 is 1. The first kappa shape index (κ1) is 24.2. The Morgan fingerprint density at radius 1 is 1.19 bits per heavy atom. The van der Waals surface area contributed by atoms with Gasteiger partial charge >= 0.3 is 0 Å². The SMILES string of the molecule is CN(C)CCCC1(S(N)(=O)=O)C=Cc2c(c(N=O)c3cc(S(N)(=O)=O)ccc3c2NO)C1. The minimum Gasteiger partial charge on any atom is -0.309 e. The van der Waals surface area contributed by atoms with Crippen molar-refractivity contribution in [1.29, 1.82) is 0 Å². The van der Waals surface area contributed by atoms with Gasteiger partial charge in [-0.1, -0.05) is 18.2 Å². The van der Waals surface area contributed by atoms with Crippen molar-refractivity contribution in [2.75, 3.05) is 26.1 Å². The van der Waals surface area contributed by atoms with Gasteiger partial charge in [0.05, 0.1) is 10.6 Å². The summed E-state index contributed by atoms with van der Waals surface area (Å²) in [6.45, 7) is 0.621. The number of benzene rings is 2. The molecule has 174 valence electrons. The lowest BCUT2D eigenvalue weighted by atomic mass is 9.82. The molecular formula is C19H25N5O6S2. The highest BCUT2D eigenvalue weighted by atomic mass is 32.2. The van der Waals surface area contributed by atoms with Gasteiger partial charge in [-0.05, 0) is 62.8 Å². The third-order valence-corrected chi connectivity index (χ3v) is 8.26. The van der Waals surface area contributed by atoms with Gasteiger partial charge in [-0.2, -0.15) is 0 Å². The fraction of sp³-hybridized carbons (Fsp3) is 0.368. The molecule has 32 heavy (non-hydrogen) atoms. The van der Waals surface area contributed by atoms with E-state index in [9.17, 15) is 26.9 Å². The van der Waals surface area contributed by atoms with E-state index in [1.165, 1.54) is 30.4 Å². The largest absolute Gasteiger partial charge is 0.309 e. The molecule has 1 atom stereocenters. The summed E-state index contributed by atoms with van der Waals surface area (Å²) in [6.07, 6.45) is 3.49. The van der Waals surface area contributed by atoms with E-state index < -0.39 is 24.8 Å². The lowest BCUT2D eigenvalue weighted by molar-refractivity contribution is 0.381. The maximum atomic E-state index is 12.6. The fourth-order valence-corrected chi connectivity index (χ4v) is 5.66. The zero-order chi connectivity index (χ0) is 23.9. The number of nitrogens with zero attached hydrogens (tertiary/aromatic N) is 2. The fourth-order valence-electron chi connectivity index (χ4n) is 4.09. The summed E-state index contributed by atoms with van der Waals surface area (Å²) in [6, 6.07) is 3.79. The van der Waals surface area contributed by atoms with Gasteiger partial charge in [0.1, 0.15) is 10.4 Å². The summed E-state index contributed by atoms with van der Waals surface area (Å²) >= 11 is 0. The number of hydrogen-bond acceptors (Lipinski definition) is 9. The predicted octanol–water partition coefficient (Wildman–Crippen LogP) is 1.62. The van der Waals surface area contributed by atoms with E-state index in [1.54, 1.807) is 0 Å². The molecule has 0 aromatic heterocycles.